The lowest BCUT2D eigenvalue weighted by Crippen LogP contribution is -2.37. The Balaban J connectivity index is 2.01. The van der Waals surface area contributed by atoms with Gasteiger partial charge in [-0.2, -0.15) is 0 Å². The van der Waals surface area contributed by atoms with Crippen molar-refractivity contribution in [1.82, 2.24) is 9.97 Å². The zero-order valence-electron chi connectivity index (χ0n) is 12.4. The fourth-order valence-corrected chi connectivity index (χ4v) is 2.55. The second kappa shape index (κ2) is 6.58. The van der Waals surface area contributed by atoms with Crippen LogP contribution in [-0.2, 0) is 11.2 Å². The van der Waals surface area contributed by atoms with Gasteiger partial charge in [-0.3, -0.25) is 0 Å². The molecule has 0 N–H and O–H groups in total. The van der Waals surface area contributed by atoms with Crippen LogP contribution in [0.15, 0.2) is 24.3 Å². The number of benzene rings is 1. The van der Waals surface area contributed by atoms with Crippen LogP contribution in [0.3, 0.4) is 0 Å². The van der Waals surface area contributed by atoms with Crippen molar-refractivity contribution < 1.29 is 9.13 Å². The molecular weight excluding hydrogens is 305 g/mol. The van der Waals surface area contributed by atoms with Gasteiger partial charge in [-0.1, -0.05) is 18.5 Å². The fourth-order valence-electron chi connectivity index (χ4n) is 2.37. The Kier molecular flexibility index (Phi) is 4.55. The third-order valence-corrected chi connectivity index (χ3v) is 3.93. The van der Waals surface area contributed by atoms with E-state index in [1.165, 1.54) is 6.07 Å². The first-order valence-electron chi connectivity index (χ1n) is 7.33. The second-order valence-corrected chi connectivity index (χ2v) is 5.53. The number of ether oxygens (including phenoxy) is 1. The largest absolute Gasteiger partial charge is 0.378 e. The Morgan fingerprint density at radius 2 is 2.00 bits per heavy atom. The van der Waals surface area contributed by atoms with E-state index in [0.29, 0.717) is 19.2 Å². The first-order valence-corrected chi connectivity index (χ1v) is 7.71. The SMILES string of the molecule is CCc1cc(-c2ccc(F)c(Cl)c2)nc(N2CCOCC2)n1. The Bertz CT molecular complexity index is 674. The average Bonchev–Trinajstić information content (AvgIpc) is 2.57. The Hall–Kier alpha value is -1.72. The molecule has 1 aromatic carbocycles. The highest BCUT2D eigenvalue weighted by Gasteiger charge is 2.16. The number of aryl methyl sites for hydroxylation is 1. The highest BCUT2D eigenvalue weighted by Crippen LogP contribution is 2.26. The highest BCUT2D eigenvalue weighted by molar-refractivity contribution is 6.31. The van der Waals surface area contributed by atoms with Crippen LogP contribution in [0.1, 0.15) is 12.6 Å². The molecule has 0 amide bonds. The van der Waals surface area contributed by atoms with Crippen molar-refractivity contribution >= 4 is 17.5 Å². The van der Waals surface area contributed by atoms with Crippen LogP contribution < -0.4 is 4.90 Å². The Morgan fingerprint density at radius 1 is 1.23 bits per heavy atom. The molecule has 1 fully saturated rings. The molecule has 1 saturated heterocycles. The van der Waals surface area contributed by atoms with Gasteiger partial charge in [0.05, 0.1) is 23.9 Å². The standard InChI is InChI=1S/C16H17ClFN3O/c1-2-12-10-15(11-3-4-14(18)13(17)9-11)20-16(19-12)21-5-7-22-8-6-21/h3-4,9-10H,2,5-8H2,1H3. The number of hydrogen-bond donors (Lipinski definition) is 0. The van der Waals surface area contributed by atoms with Crippen LogP contribution in [0.2, 0.25) is 5.02 Å². The minimum atomic E-state index is -0.427. The molecule has 6 heteroatoms. The van der Waals surface area contributed by atoms with Gasteiger partial charge in [0.15, 0.2) is 0 Å². The zero-order chi connectivity index (χ0) is 15.5. The maximum atomic E-state index is 13.3. The monoisotopic (exact) mass is 321 g/mol. The molecule has 0 atom stereocenters. The summed E-state index contributed by atoms with van der Waals surface area (Å²) in [5, 5.41) is 0.0992. The molecule has 0 saturated carbocycles. The number of aromatic nitrogens is 2. The maximum absolute atomic E-state index is 13.3. The normalized spacial score (nSPS) is 15.1. The molecule has 0 spiro atoms. The highest BCUT2D eigenvalue weighted by atomic mass is 35.5. The van der Waals surface area contributed by atoms with E-state index in [0.717, 1.165) is 36.5 Å². The average molecular weight is 322 g/mol. The summed E-state index contributed by atoms with van der Waals surface area (Å²) in [7, 11) is 0. The van der Waals surface area contributed by atoms with E-state index in [1.807, 2.05) is 13.0 Å². The van der Waals surface area contributed by atoms with Gasteiger partial charge in [0.1, 0.15) is 5.82 Å². The zero-order valence-corrected chi connectivity index (χ0v) is 13.1. The van der Waals surface area contributed by atoms with Crippen molar-refractivity contribution in [2.45, 2.75) is 13.3 Å². The lowest BCUT2D eigenvalue weighted by atomic mass is 10.1. The van der Waals surface area contributed by atoms with Crippen LogP contribution in [0.4, 0.5) is 10.3 Å². The molecule has 2 aromatic rings. The number of anilines is 1. The van der Waals surface area contributed by atoms with Gasteiger partial charge in [-0.15, -0.1) is 0 Å². The smallest absolute Gasteiger partial charge is 0.226 e. The molecule has 0 radical (unpaired) electrons. The van der Waals surface area contributed by atoms with Gasteiger partial charge in [0.25, 0.3) is 0 Å². The summed E-state index contributed by atoms with van der Waals surface area (Å²) >= 11 is 5.88. The number of rotatable bonds is 3. The maximum Gasteiger partial charge on any atom is 0.226 e. The molecule has 2 heterocycles. The van der Waals surface area contributed by atoms with Crippen molar-refractivity contribution in [3.05, 3.63) is 40.8 Å². The van der Waals surface area contributed by atoms with Gasteiger partial charge in [-0.05, 0) is 30.7 Å². The molecule has 3 rings (SSSR count). The van der Waals surface area contributed by atoms with E-state index in [1.54, 1.807) is 12.1 Å². The molecule has 1 aromatic heterocycles. The predicted molar refractivity (Wildman–Crippen MR) is 84.8 cm³/mol. The number of morpholine rings is 1. The van der Waals surface area contributed by atoms with Gasteiger partial charge in [-0.25, -0.2) is 14.4 Å². The summed E-state index contributed by atoms with van der Waals surface area (Å²) in [5.74, 6) is 0.265. The summed E-state index contributed by atoms with van der Waals surface area (Å²) in [4.78, 5) is 11.3. The fraction of sp³-hybridized carbons (Fsp3) is 0.375. The lowest BCUT2D eigenvalue weighted by Gasteiger charge is -2.27. The van der Waals surface area contributed by atoms with Crippen LogP contribution in [0, 0.1) is 5.82 Å². The first kappa shape index (κ1) is 15.2. The summed E-state index contributed by atoms with van der Waals surface area (Å²) in [6.45, 7) is 4.95. The summed E-state index contributed by atoms with van der Waals surface area (Å²) in [5.41, 5.74) is 2.50. The minimum Gasteiger partial charge on any atom is -0.378 e. The minimum absolute atomic E-state index is 0.0992. The van der Waals surface area contributed by atoms with Crippen molar-refractivity contribution in [2.24, 2.45) is 0 Å². The molecular formula is C16H17ClFN3O. The second-order valence-electron chi connectivity index (χ2n) is 5.13. The van der Waals surface area contributed by atoms with E-state index < -0.39 is 5.82 Å². The first-order chi connectivity index (χ1) is 10.7. The third kappa shape index (κ3) is 3.20. The predicted octanol–water partition coefficient (Wildman–Crippen LogP) is 3.34. The molecule has 1 aliphatic heterocycles. The van der Waals surface area contributed by atoms with E-state index >= 15 is 0 Å². The molecule has 116 valence electrons. The van der Waals surface area contributed by atoms with Crippen molar-refractivity contribution in [3.63, 3.8) is 0 Å². The van der Waals surface area contributed by atoms with E-state index in [9.17, 15) is 4.39 Å². The van der Waals surface area contributed by atoms with E-state index in [2.05, 4.69) is 14.9 Å². The van der Waals surface area contributed by atoms with Crippen LogP contribution in [-0.4, -0.2) is 36.3 Å². The van der Waals surface area contributed by atoms with Gasteiger partial charge >= 0.3 is 0 Å². The van der Waals surface area contributed by atoms with Crippen LogP contribution in [0.25, 0.3) is 11.3 Å². The Morgan fingerprint density at radius 3 is 2.68 bits per heavy atom. The molecule has 0 aliphatic carbocycles. The number of nitrogens with zero attached hydrogens (tertiary/aromatic N) is 3. The van der Waals surface area contributed by atoms with Crippen LogP contribution >= 0.6 is 11.6 Å². The van der Waals surface area contributed by atoms with Crippen molar-refractivity contribution in [3.8, 4) is 11.3 Å². The third-order valence-electron chi connectivity index (χ3n) is 3.64. The van der Waals surface area contributed by atoms with Gasteiger partial charge in [0.2, 0.25) is 5.95 Å². The number of halogens is 2. The molecule has 22 heavy (non-hydrogen) atoms. The summed E-state index contributed by atoms with van der Waals surface area (Å²) in [6.07, 6.45) is 0.807. The van der Waals surface area contributed by atoms with Crippen LogP contribution in [0.5, 0.6) is 0 Å². The van der Waals surface area contributed by atoms with Gasteiger partial charge < -0.3 is 9.64 Å². The summed E-state index contributed by atoms with van der Waals surface area (Å²) < 4.78 is 18.7. The summed E-state index contributed by atoms with van der Waals surface area (Å²) in [6, 6.07) is 6.57. The quantitative estimate of drug-likeness (QED) is 0.869. The van der Waals surface area contributed by atoms with Crippen molar-refractivity contribution in [1.29, 1.82) is 0 Å². The Labute approximate surface area is 133 Å². The molecule has 0 bridgehead atoms. The van der Waals surface area contributed by atoms with Gasteiger partial charge in [0, 0.05) is 24.3 Å². The number of hydrogen-bond acceptors (Lipinski definition) is 4. The lowest BCUT2D eigenvalue weighted by molar-refractivity contribution is 0.122. The molecule has 1 aliphatic rings. The van der Waals surface area contributed by atoms with Crippen molar-refractivity contribution in [2.75, 3.05) is 31.2 Å². The van der Waals surface area contributed by atoms with E-state index in [4.69, 9.17) is 16.3 Å². The molecule has 4 nitrogen and oxygen atoms in total. The molecule has 0 unspecified atom stereocenters. The van der Waals surface area contributed by atoms with E-state index in [-0.39, 0.29) is 5.02 Å². The topological polar surface area (TPSA) is 38.2 Å².